The van der Waals surface area contributed by atoms with E-state index >= 15 is 0 Å². The highest BCUT2D eigenvalue weighted by Gasteiger charge is 2.23. The summed E-state index contributed by atoms with van der Waals surface area (Å²) in [5, 5.41) is 0. The maximum absolute atomic E-state index is 5.83. The molecule has 0 unspecified atom stereocenters. The predicted molar refractivity (Wildman–Crippen MR) is 141 cm³/mol. The molecule has 0 saturated carbocycles. The maximum atomic E-state index is 5.83. The third-order valence-corrected chi connectivity index (χ3v) is 6.14. The van der Waals surface area contributed by atoms with Crippen LogP contribution in [0.4, 0.5) is 0 Å². The lowest BCUT2D eigenvalue weighted by molar-refractivity contribution is 0.414. The van der Waals surface area contributed by atoms with Crippen LogP contribution in [0.15, 0.2) is 84.9 Å². The van der Waals surface area contributed by atoms with Gasteiger partial charge in [0, 0.05) is 33.4 Å². The molecule has 0 saturated heterocycles. The van der Waals surface area contributed by atoms with Gasteiger partial charge in [0.05, 0.1) is 19.1 Å². The summed E-state index contributed by atoms with van der Waals surface area (Å²) < 4.78 is 10.4. The fraction of sp³-hybridized carbons (Fsp3) is 0.0645. The van der Waals surface area contributed by atoms with Crippen molar-refractivity contribution in [2.24, 2.45) is 0 Å². The molecule has 0 amide bonds. The Morgan fingerprint density at radius 2 is 0.824 bits per heavy atom. The molecule has 0 N–H and O–H groups in total. The van der Waals surface area contributed by atoms with Crippen LogP contribution in [0, 0.1) is 23.7 Å². The number of benzene rings is 4. The van der Waals surface area contributed by atoms with E-state index in [9.17, 15) is 0 Å². The van der Waals surface area contributed by atoms with Gasteiger partial charge in [-0.05, 0) is 83.9 Å². The zero-order valence-corrected chi connectivity index (χ0v) is 19.6. The van der Waals surface area contributed by atoms with E-state index in [0.717, 1.165) is 60.9 Å². The van der Waals surface area contributed by atoms with E-state index in [1.54, 1.807) is 14.2 Å². The number of fused-ring (bicyclic) bond motifs is 3. The van der Waals surface area contributed by atoms with Crippen molar-refractivity contribution >= 4 is 17.1 Å². The molecule has 0 bridgehead atoms. The molecule has 4 aromatic rings. The van der Waals surface area contributed by atoms with Gasteiger partial charge in [-0.3, -0.25) is 0 Å². The fourth-order valence-corrected chi connectivity index (χ4v) is 4.21. The van der Waals surface area contributed by atoms with Crippen LogP contribution >= 0.6 is 12.2 Å². The third-order valence-electron chi connectivity index (χ3n) is 5.70. The number of hydrogen-bond donors (Lipinski definition) is 0. The highest BCUT2D eigenvalue weighted by atomic mass is 32.1. The minimum atomic E-state index is 0.819. The smallest absolute Gasteiger partial charge is 0.118 e. The van der Waals surface area contributed by atoms with Gasteiger partial charge in [0.1, 0.15) is 11.5 Å². The third kappa shape index (κ3) is 4.30. The van der Waals surface area contributed by atoms with Crippen molar-refractivity contribution < 1.29 is 9.47 Å². The second-order valence-corrected chi connectivity index (χ2v) is 8.22. The summed E-state index contributed by atoms with van der Waals surface area (Å²) in [6, 6.07) is 27.9. The summed E-state index contributed by atoms with van der Waals surface area (Å²) in [4.78, 5) is 0.839. The van der Waals surface area contributed by atoms with Gasteiger partial charge in [-0.15, -0.1) is 0 Å². The molecule has 0 heterocycles. The SMILES string of the molecule is COc1ccc(C#Cc2ccc3c(c2)C(=S)c2cc(C#Cc4ccc(OC)cc4)ccc2-3)cc1. The first kappa shape index (κ1) is 21.5. The zero-order chi connectivity index (χ0) is 23.5. The Labute approximate surface area is 205 Å². The van der Waals surface area contributed by atoms with Crippen molar-refractivity contribution in [2.45, 2.75) is 0 Å². The lowest BCUT2D eigenvalue weighted by Crippen LogP contribution is -1.94. The van der Waals surface area contributed by atoms with Crippen LogP contribution in [0.2, 0.25) is 0 Å². The van der Waals surface area contributed by atoms with Crippen LogP contribution in [0.3, 0.4) is 0 Å². The van der Waals surface area contributed by atoms with E-state index in [1.165, 1.54) is 0 Å². The van der Waals surface area contributed by atoms with Crippen LogP contribution in [-0.2, 0) is 0 Å². The van der Waals surface area contributed by atoms with Crippen molar-refractivity contribution in [1.82, 2.24) is 0 Å². The van der Waals surface area contributed by atoms with Crippen molar-refractivity contribution in [3.05, 3.63) is 118 Å². The lowest BCUT2D eigenvalue weighted by atomic mass is 10.0. The molecule has 1 aliphatic carbocycles. The molecule has 0 fully saturated rings. The molecule has 34 heavy (non-hydrogen) atoms. The van der Waals surface area contributed by atoms with Crippen molar-refractivity contribution in [3.63, 3.8) is 0 Å². The van der Waals surface area contributed by atoms with E-state index in [2.05, 4.69) is 47.9 Å². The second-order valence-electron chi connectivity index (χ2n) is 7.81. The van der Waals surface area contributed by atoms with Crippen LogP contribution < -0.4 is 9.47 Å². The average Bonchev–Trinajstić information content (AvgIpc) is 3.17. The van der Waals surface area contributed by atoms with E-state index in [1.807, 2.05) is 60.7 Å². The lowest BCUT2D eigenvalue weighted by Gasteiger charge is -2.01. The van der Waals surface area contributed by atoms with E-state index in [4.69, 9.17) is 21.7 Å². The average molecular weight is 457 g/mol. The molecule has 5 rings (SSSR count). The summed E-state index contributed by atoms with van der Waals surface area (Å²) in [5.74, 6) is 14.6. The van der Waals surface area contributed by atoms with Crippen LogP contribution in [0.5, 0.6) is 11.5 Å². The van der Waals surface area contributed by atoms with Crippen LogP contribution in [0.25, 0.3) is 11.1 Å². The van der Waals surface area contributed by atoms with Gasteiger partial charge < -0.3 is 9.47 Å². The minimum Gasteiger partial charge on any atom is -0.497 e. The molecule has 1 aliphatic rings. The summed E-state index contributed by atoms with van der Waals surface area (Å²) >= 11 is 5.83. The Bertz CT molecular complexity index is 1410. The maximum Gasteiger partial charge on any atom is 0.118 e. The Kier molecular flexibility index (Phi) is 5.88. The highest BCUT2D eigenvalue weighted by molar-refractivity contribution is 7.81. The highest BCUT2D eigenvalue weighted by Crippen LogP contribution is 2.38. The molecule has 0 atom stereocenters. The van der Waals surface area contributed by atoms with Crippen LogP contribution in [0.1, 0.15) is 33.4 Å². The fourth-order valence-electron chi connectivity index (χ4n) is 3.87. The molecule has 0 aliphatic heterocycles. The summed E-state index contributed by atoms with van der Waals surface area (Å²) in [7, 11) is 3.31. The largest absolute Gasteiger partial charge is 0.497 e. The first-order chi connectivity index (χ1) is 16.6. The molecule has 0 spiro atoms. The number of hydrogen-bond acceptors (Lipinski definition) is 3. The number of thiocarbonyl (C=S) groups is 1. The van der Waals surface area contributed by atoms with Crippen molar-refractivity contribution in [1.29, 1.82) is 0 Å². The molecular weight excluding hydrogens is 436 g/mol. The van der Waals surface area contributed by atoms with Gasteiger partial charge in [-0.1, -0.05) is 48.0 Å². The summed E-state index contributed by atoms with van der Waals surface area (Å²) in [5.41, 5.74) is 8.13. The topological polar surface area (TPSA) is 18.5 Å². The standard InChI is InChI=1S/C31H20O2S/c1-32-25-13-7-21(8-14-25)3-5-23-11-17-27-28-18-12-24(20-30(28)31(34)29(27)19-23)6-4-22-9-15-26(33-2)16-10-22/h7-20H,1-2H3. The Morgan fingerprint density at radius 3 is 1.21 bits per heavy atom. The van der Waals surface area contributed by atoms with E-state index in [0.29, 0.717) is 0 Å². The predicted octanol–water partition coefficient (Wildman–Crippen LogP) is 6.25. The molecule has 0 radical (unpaired) electrons. The zero-order valence-electron chi connectivity index (χ0n) is 18.8. The molecule has 162 valence electrons. The summed E-state index contributed by atoms with van der Waals surface area (Å²) in [6.07, 6.45) is 0. The molecule has 0 aromatic heterocycles. The monoisotopic (exact) mass is 456 g/mol. The second kappa shape index (κ2) is 9.28. The van der Waals surface area contributed by atoms with Gasteiger partial charge in [0.15, 0.2) is 0 Å². The quantitative estimate of drug-likeness (QED) is 0.231. The number of rotatable bonds is 2. The van der Waals surface area contributed by atoms with Crippen molar-refractivity contribution in [3.8, 4) is 46.3 Å². The Balaban J connectivity index is 1.40. The molecule has 4 aromatic carbocycles. The van der Waals surface area contributed by atoms with Crippen molar-refractivity contribution in [2.75, 3.05) is 14.2 Å². The Morgan fingerprint density at radius 1 is 0.471 bits per heavy atom. The van der Waals surface area contributed by atoms with E-state index in [-0.39, 0.29) is 0 Å². The van der Waals surface area contributed by atoms with Gasteiger partial charge >= 0.3 is 0 Å². The van der Waals surface area contributed by atoms with Gasteiger partial charge in [-0.2, -0.15) is 0 Å². The first-order valence-corrected chi connectivity index (χ1v) is 11.2. The Hall–Kier alpha value is -4.31. The van der Waals surface area contributed by atoms with Gasteiger partial charge in [0.25, 0.3) is 0 Å². The van der Waals surface area contributed by atoms with Gasteiger partial charge in [-0.25, -0.2) is 0 Å². The molecular formula is C31H20O2S. The van der Waals surface area contributed by atoms with Gasteiger partial charge in [0.2, 0.25) is 0 Å². The number of ether oxygens (including phenoxy) is 2. The molecule has 3 heteroatoms. The first-order valence-electron chi connectivity index (χ1n) is 10.8. The normalized spacial score (nSPS) is 10.8. The minimum absolute atomic E-state index is 0.819. The van der Waals surface area contributed by atoms with E-state index < -0.39 is 0 Å². The van der Waals surface area contributed by atoms with Crippen LogP contribution in [-0.4, -0.2) is 19.1 Å². The summed E-state index contributed by atoms with van der Waals surface area (Å²) in [6.45, 7) is 0. The number of methoxy groups -OCH3 is 2. The molecule has 2 nitrogen and oxygen atoms in total.